The van der Waals surface area contributed by atoms with Crippen LogP contribution in [0.1, 0.15) is 73.4 Å². The fourth-order valence-electron chi connectivity index (χ4n) is 6.00. The van der Waals surface area contributed by atoms with E-state index < -0.39 is 23.8 Å². The molecule has 3 aliphatic heterocycles. The van der Waals surface area contributed by atoms with Gasteiger partial charge in [-0.25, -0.2) is 19.2 Å². The van der Waals surface area contributed by atoms with E-state index in [1.807, 2.05) is 52.5 Å². The van der Waals surface area contributed by atoms with Crippen LogP contribution in [0.5, 0.6) is 11.5 Å². The smallest absolute Gasteiger partial charge is 0.870 e. The summed E-state index contributed by atoms with van der Waals surface area (Å²) in [6.45, 7) is 15.4. The van der Waals surface area contributed by atoms with Crippen molar-refractivity contribution in [1.29, 1.82) is 0 Å². The zero-order chi connectivity index (χ0) is 37.7. The molecule has 0 unspecified atom stereocenters. The number of anilines is 2. The molecule has 2 saturated heterocycles. The van der Waals surface area contributed by atoms with Crippen LogP contribution in [0.15, 0.2) is 24.3 Å². The van der Waals surface area contributed by atoms with Gasteiger partial charge in [0.05, 0.1) is 43.3 Å². The van der Waals surface area contributed by atoms with Gasteiger partial charge in [-0.15, -0.1) is 0 Å². The van der Waals surface area contributed by atoms with Crippen molar-refractivity contribution in [3.05, 3.63) is 46.5 Å². The number of esters is 1. The van der Waals surface area contributed by atoms with E-state index in [0.29, 0.717) is 75.1 Å². The Hall–Kier alpha value is -3.96. The third kappa shape index (κ3) is 11.3. The van der Waals surface area contributed by atoms with E-state index in [9.17, 15) is 29.4 Å². The number of aliphatic hydroxyl groups is 1. The molecule has 16 nitrogen and oxygen atoms in total. The molecule has 288 valence electrons. The number of hydrogen-bond donors (Lipinski definition) is 2. The van der Waals surface area contributed by atoms with Gasteiger partial charge in [-0.05, 0) is 65.8 Å². The average molecular weight is 755 g/mol. The first kappa shape index (κ1) is 45.2. The molecule has 0 aliphatic carbocycles. The minimum Gasteiger partial charge on any atom is -0.870 e. The van der Waals surface area contributed by atoms with E-state index in [1.165, 1.54) is 13.2 Å². The van der Waals surface area contributed by atoms with Crippen molar-refractivity contribution in [2.75, 3.05) is 76.4 Å². The number of benzene rings is 2. The molecule has 53 heavy (non-hydrogen) atoms. The van der Waals surface area contributed by atoms with Crippen molar-refractivity contribution >= 4 is 35.5 Å². The number of rotatable bonds is 6. The number of aromatic carboxylic acids is 1. The molecule has 0 radical (unpaired) electrons. The number of cyclic esters (lactones) is 1. The minimum absolute atomic E-state index is 0. The molecule has 0 saturated carbocycles. The van der Waals surface area contributed by atoms with Crippen LogP contribution in [0, 0.1) is 0 Å². The molecule has 3 heterocycles. The van der Waals surface area contributed by atoms with Crippen LogP contribution in [0.4, 0.5) is 21.0 Å². The van der Waals surface area contributed by atoms with Crippen LogP contribution in [-0.2, 0) is 27.4 Å². The number of carbonyl (C=O) groups excluding carboxylic acids is 3. The molecule has 0 atom stereocenters. The van der Waals surface area contributed by atoms with Gasteiger partial charge >= 0.3 is 53.7 Å². The predicted octanol–water partition coefficient (Wildman–Crippen LogP) is 1.19. The number of nitrogens with zero attached hydrogens (tertiary/aromatic N) is 4. The molecule has 2 amide bonds. The molecule has 3 N–H and O–H groups in total. The van der Waals surface area contributed by atoms with Gasteiger partial charge in [-0.1, -0.05) is 0 Å². The zero-order valence-electron chi connectivity index (χ0n) is 32.2. The summed E-state index contributed by atoms with van der Waals surface area (Å²) in [5.74, 6) is -0.407. The number of fused-ring (bicyclic) bond motifs is 1. The van der Waals surface area contributed by atoms with Crippen molar-refractivity contribution in [1.82, 2.24) is 9.80 Å². The van der Waals surface area contributed by atoms with Gasteiger partial charge in [0.25, 0.3) is 0 Å². The Morgan fingerprint density at radius 1 is 0.736 bits per heavy atom. The third-order valence-corrected chi connectivity index (χ3v) is 8.39. The summed E-state index contributed by atoms with van der Waals surface area (Å²) >= 11 is 0. The van der Waals surface area contributed by atoms with Crippen molar-refractivity contribution in [3.63, 3.8) is 0 Å². The fraction of sp³-hybridized carbons (Fsp3) is 0.556. The van der Waals surface area contributed by atoms with Crippen molar-refractivity contribution in [2.45, 2.75) is 66.0 Å². The third-order valence-electron chi connectivity index (χ3n) is 8.39. The van der Waals surface area contributed by atoms with Gasteiger partial charge in [0.2, 0.25) is 0 Å². The molecule has 5 rings (SSSR count). The molecule has 0 aromatic heterocycles. The summed E-state index contributed by atoms with van der Waals surface area (Å²) in [4.78, 5) is 54.9. The number of hydrogen-bond acceptors (Lipinski definition) is 13. The summed E-state index contributed by atoms with van der Waals surface area (Å²) in [7, 11) is 3.04. The molecule has 17 heteroatoms. The Morgan fingerprint density at radius 2 is 1.17 bits per heavy atom. The van der Waals surface area contributed by atoms with E-state index in [0.717, 1.165) is 11.3 Å². The second kappa shape index (κ2) is 18.9. The Kier molecular flexibility index (Phi) is 16.1. The summed E-state index contributed by atoms with van der Waals surface area (Å²) in [5.41, 5.74) is 2.19. The van der Waals surface area contributed by atoms with Crippen LogP contribution >= 0.6 is 0 Å². The second-order valence-corrected chi connectivity index (χ2v) is 14.2. The van der Waals surface area contributed by atoms with E-state index in [1.54, 1.807) is 29.0 Å². The number of piperazine rings is 2. The summed E-state index contributed by atoms with van der Waals surface area (Å²) < 4.78 is 26.8. The molecule has 2 fully saturated rings. The quantitative estimate of drug-likeness (QED) is 0.242. The molecule has 0 bridgehead atoms. The Bertz CT molecular complexity index is 1610. The van der Waals surface area contributed by atoms with E-state index in [4.69, 9.17) is 23.7 Å². The van der Waals surface area contributed by atoms with Crippen LogP contribution in [0.2, 0.25) is 0 Å². The fourth-order valence-corrected chi connectivity index (χ4v) is 6.00. The number of aliphatic hydroxyl groups excluding tert-OH is 1. The number of ether oxygens (including phenoxy) is 5. The number of carboxylic acid groups (broad SMARTS) is 1. The molecular weight excluding hydrogens is 703 g/mol. The molecular formula is C36H51N4NaO12. The van der Waals surface area contributed by atoms with Crippen LogP contribution in [0.25, 0.3) is 0 Å². The Balaban J connectivity index is 0.000000354. The van der Waals surface area contributed by atoms with Crippen molar-refractivity contribution in [3.8, 4) is 11.5 Å². The zero-order valence-corrected chi connectivity index (χ0v) is 34.2. The maximum atomic E-state index is 12.2. The number of amides is 2. The van der Waals surface area contributed by atoms with Gasteiger partial charge in [0.15, 0.2) is 0 Å². The van der Waals surface area contributed by atoms with Crippen molar-refractivity contribution in [2.24, 2.45) is 0 Å². The maximum Gasteiger partial charge on any atom is 1.00 e. The van der Waals surface area contributed by atoms with Gasteiger partial charge < -0.3 is 59.0 Å². The normalized spacial score (nSPS) is 15.5. The van der Waals surface area contributed by atoms with E-state index in [2.05, 4.69) is 4.90 Å². The Morgan fingerprint density at radius 3 is 1.57 bits per heavy atom. The maximum absolute atomic E-state index is 12.2. The standard InChI is InChI=1S/C18H26N2O6.C18H24N2O5.Na.H2O/c1-18(2,3)26-17(24)20-9-7-19(8-10-20)14-6-5-12(16(22)23)13(11-21)15(14)25-4;1-18(2,3)25-17(22)20-9-7-19(8-10-20)14-6-5-12-13(15(14)23-4)11-24-16(12)21;;/h5-6,21H,7-11H2,1-4H3,(H,22,23);5-6H,7-11H2,1-4H3;;1H2/q;;+1;/p-1. The summed E-state index contributed by atoms with van der Waals surface area (Å²) in [5, 5.41) is 18.9. The van der Waals surface area contributed by atoms with Crippen LogP contribution in [-0.4, -0.2) is 127 Å². The first-order valence-corrected chi connectivity index (χ1v) is 16.8. The van der Waals surface area contributed by atoms with Gasteiger partial charge in [-0.2, -0.15) is 0 Å². The first-order valence-electron chi connectivity index (χ1n) is 16.8. The number of methoxy groups -OCH3 is 2. The topological polar surface area (TPSA) is 198 Å². The monoisotopic (exact) mass is 754 g/mol. The summed E-state index contributed by atoms with van der Waals surface area (Å²) in [6.07, 6.45) is -0.631. The second-order valence-electron chi connectivity index (χ2n) is 14.2. The molecule has 2 aromatic rings. The Labute approximate surface area is 332 Å². The van der Waals surface area contributed by atoms with Crippen LogP contribution < -0.4 is 48.8 Å². The predicted molar refractivity (Wildman–Crippen MR) is 190 cm³/mol. The largest absolute Gasteiger partial charge is 1.00 e. The molecule has 0 spiro atoms. The molecule has 2 aromatic carbocycles. The number of carboxylic acids is 1. The van der Waals surface area contributed by atoms with E-state index in [-0.39, 0.29) is 70.9 Å². The van der Waals surface area contributed by atoms with E-state index >= 15 is 0 Å². The molecule has 3 aliphatic rings. The SMILES string of the molecule is COc1c(N2CCN(C(=O)OC(C)(C)C)CC2)ccc(C(=O)O)c1CO.COc1c(N2CCN(C(=O)OC(C)(C)C)CC2)ccc2c1COC2=O.[Na+].[OH-]. The minimum atomic E-state index is -1.12. The summed E-state index contributed by atoms with van der Waals surface area (Å²) in [6, 6.07) is 6.80. The van der Waals surface area contributed by atoms with Gasteiger partial charge in [-0.3, -0.25) is 0 Å². The van der Waals surface area contributed by atoms with Gasteiger partial charge in [0.1, 0.15) is 29.3 Å². The average Bonchev–Trinajstić information content (AvgIpc) is 3.46. The van der Waals surface area contributed by atoms with Crippen LogP contribution in [0.3, 0.4) is 0 Å². The van der Waals surface area contributed by atoms with Crippen molar-refractivity contribution < 1.29 is 88.1 Å². The number of carbonyl (C=O) groups is 4. The first-order chi connectivity index (χ1) is 24.0. The van der Waals surface area contributed by atoms with Gasteiger partial charge in [0, 0.05) is 63.5 Å².